The molecule has 0 amide bonds. The summed E-state index contributed by atoms with van der Waals surface area (Å²) in [6.45, 7) is 10.7. The molecule has 1 aromatic rings. The second-order valence-electron chi connectivity index (χ2n) is 6.32. The van der Waals surface area contributed by atoms with Gasteiger partial charge in [0.05, 0.1) is 24.9 Å². The number of nitrogens with one attached hydrogen (secondary N) is 1. The first kappa shape index (κ1) is 18.4. The van der Waals surface area contributed by atoms with Crippen molar-refractivity contribution in [3.8, 4) is 0 Å². The van der Waals surface area contributed by atoms with Gasteiger partial charge >= 0.3 is 0 Å². The summed E-state index contributed by atoms with van der Waals surface area (Å²) in [6, 6.07) is 0.292. The van der Waals surface area contributed by atoms with Crippen LogP contribution < -0.4 is 10.2 Å². The van der Waals surface area contributed by atoms with Gasteiger partial charge in [-0.1, -0.05) is 0 Å². The molecule has 1 unspecified atom stereocenters. The van der Waals surface area contributed by atoms with Crippen LogP contribution in [0.5, 0.6) is 0 Å². The fraction of sp³-hybridized carbons (Fsp3) is 0.800. The summed E-state index contributed by atoms with van der Waals surface area (Å²) < 4.78 is 10.5. The van der Waals surface area contributed by atoms with E-state index in [1.54, 1.807) is 25.6 Å². The van der Waals surface area contributed by atoms with Crippen molar-refractivity contribution < 1.29 is 9.47 Å². The molecule has 21 heavy (non-hydrogen) atoms. The highest BCUT2D eigenvalue weighted by atomic mass is 32.1. The molecular formula is C15H29N3O2S. The summed E-state index contributed by atoms with van der Waals surface area (Å²) in [4.78, 5) is 8.12. The van der Waals surface area contributed by atoms with Crippen LogP contribution in [0, 0.1) is 0 Å². The highest BCUT2D eigenvalue weighted by Gasteiger charge is 2.19. The first-order valence-corrected chi connectivity index (χ1v) is 8.04. The molecule has 1 atom stereocenters. The Hall–Kier alpha value is -0.690. The minimum Gasteiger partial charge on any atom is -0.383 e. The van der Waals surface area contributed by atoms with Gasteiger partial charge in [0.1, 0.15) is 0 Å². The minimum atomic E-state index is 0.0870. The van der Waals surface area contributed by atoms with Crippen LogP contribution in [0.4, 0.5) is 5.13 Å². The van der Waals surface area contributed by atoms with Gasteiger partial charge in [-0.05, 0) is 27.7 Å². The molecule has 0 spiro atoms. The number of likely N-dealkylation sites (N-methyl/N-ethyl adjacent to an activating group) is 1. The van der Waals surface area contributed by atoms with Crippen molar-refractivity contribution in [2.45, 2.75) is 52.4 Å². The van der Waals surface area contributed by atoms with E-state index in [0.717, 1.165) is 17.4 Å². The van der Waals surface area contributed by atoms with Crippen LogP contribution in [0.15, 0.2) is 0 Å². The number of rotatable bonds is 8. The van der Waals surface area contributed by atoms with Crippen LogP contribution in [-0.4, -0.2) is 44.4 Å². The lowest BCUT2D eigenvalue weighted by Gasteiger charge is -2.23. The molecule has 0 aliphatic heterocycles. The third-order valence-electron chi connectivity index (χ3n) is 3.20. The van der Waals surface area contributed by atoms with Gasteiger partial charge in [0, 0.05) is 38.2 Å². The van der Waals surface area contributed by atoms with Crippen LogP contribution in [0.25, 0.3) is 0 Å². The molecule has 122 valence electrons. The van der Waals surface area contributed by atoms with Crippen LogP contribution in [0.2, 0.25) is 0 Å². The van der Waals surface area contributed by atoms with Gasteiger partial charge in [0.2, 0.25) is 0 Å². The number of hydrogen-bond donors (Lipinski definition) is 1. The fourth-order valence-corrected chi connectivity index (χ4v) is 2.86. The normalized spacial score (nSPS) is 13.5. The van der Waals surface area contributed by atoms with Gasteiger partial charge in [-0.15, -0.1) is 11.3 Å². The molecule has 6 heteroatoms. The molecule has 1 aromatic heterocycles. The maximum Gasteiger partial charge on any atom is 0.185 e. The second kappa shape index (κ2) is 8.08. The van der Waals surface area contributed by atoms with Crippen molar-refractivity contribution in [2.24, 2.45) is 0 Å². The summed E-state index contributed by atoms with van der Waals surface area (Å²) >= 11 is 1.72. The first-order chi connectivity index (χ1) is 9.78. The zero-order valence-electron chi connectivity index (χ0n) is 14.3. The monoisotopic (exact) mass is 315 g/mol. The number of anilines is 1. The Kier molecular flexibility index (Phi) is 7.06. The average molecular weight is 315 g/mol. The average Bonchev–Trinajstić information content (AvgIpc) is 2.78. The molecule has 0 saturated carbocycles. The summed E-state index contributed by atoms with van der Waals surface area (Å²) in [5.74, 6) is 0. The Bertz CT molecular complexity index is 429. The van der Waals surface area contributed by atoms with Crippen LogP contribution in [-0.2, 0) is 22.6 Å². The van der Waals surface area contributed by atoms with E-state index in [1.165, 1.54) is 4.88 Å². The number of nitrogens with zero attached hydrogens (tertiary/aromatic N) is 2. The molecule has 0 radical (unpaired) electrons. The zero-order chi connectivity index (χ0) is 16.0. The summed E-state index contributed by atoms with van der Waals surface area (Å²) in [5, 5.41) is 4.53. The van der Waals surface area contributed by atoms with E-state index < -0.39 is 0 Å². The van der Waals surface area contributed by atoms with Gasteiger partial charge < -0.3 is 19.7 Å². The van der Waals surface area contributed by atoms with Crippen LogP contribution in [0.3, 0.4) is 0 Å². The quantitative estimate of drug-likeness (QED) is 0.799. The molecule has 1 rings (SSSR count). The molecule has 5 nitrogen and oxygen atoms in total. The Morgan fingerprint density at radius 1 is 1.29 bits per heavy atom. The minimum absolute atomic E-state index is 0.0870. The molecule has 0 bridgehead atoms. The summed E-state index contributed by atoms with van der Waals surface area (Å²) in [7, 11) is 5.48. The number of aromatic nitrogens is 1. The van der Waals surface area contributed by atoms with Gasteiger partial charge in [-0.3, -0.25) is 0 Å². The number of hydrogen-bond acceptors (Lipinski definition) is 6. The molecule has 0 aliphatic carbocycles. The molecule has 1 N–H and O–H groups in total. The smallest absolute Gasteiger partial charge is 0.185 e. The van der Waals surface area contributed by atoms with Crippen molar-refractivity contribution in [3.05, 3.63) is 10.6 Å². The van der Waals surface area contributed by atoms with E-state index >= 15 is 0 Å². The topological polar surface area (TPSA) is 46.6 Å². The SMILES string of the molecule is COCc1nc(N(C)C(C)COC)sc1CNC(C)(C)C. The van der Waals surface area contributed by atoms with Crippen LogP contribution >= 0.6 is 11.3 Å². The van der Waals surface area contributed by atoms with Crippen molar-refractivity contribution in [2.75, 3.05) is 32.8 Å². The van der Waals surface area contributed by atoms with E-state index in [2.05, 4.69) is 45.0 Å². The molecule has 1 heterocycles. The van der Waals surface area contributed by atoms with Gasteiger partial charge in [0.25, 0.3) is 0 Å². The Balaban J connectivity index is 2.87. The van der Waals surface area contributed by atoms with E-state index in [9.17, 15) is 0 Å². The largest absolute Gasteiger partial charge is 0.383 e. The van der Waals surface area contributed by atoms with Crippen molar-refractivity contribution in [1.29, 1.82) is 0 Å². The van der Waals surface area contributed by atoms with E-state index in [1.807, 2.05) is 0 Å². The maximum atomic E-state index is 5.27. The standard InChI is InChI=1S/C15H29N3O2S/c1-11(9-19-6)18(5)14-17-12(10-20-7)13(21-14)8-16-15(2,3)4/h11,16H,8-10H2,1-7H3. The Labute approximate surface area is 132 Å². The van der Waals surface area contributed by atoms with Crippen LogP contribution in [0.1, 0.15) is 38.3 Å². The zero-order valence-corrected chi connectivity index (χ0v) is 15.1. The number of ether oxygens (including phenoxy) is 2. The lowest BCUT2D eigenvalue weighted by molar-refractivity contribution is 0.180. The predicted octanol–water partition coefficient (Wildman–Crippen LogP) is 2.65. The van der Waals surface area contributed by atoms with E-state index in [4.69, 9.17) is 14.5 Å². The maximum absolute atomic E-state index is 5.27. The Morgan fingerprint density at radius 3 is 2.48 bits per heavy atom. The number of methoxy groups -OCH3 is 2. The summed E-state index contributed by atoms with van der Waals surface area (Å²) in [5.41, 5.74) is 1.11. The van der Waals surface area contributed by atoms with Gasteiger partial charge in [0.15, 0.2) is 5.13 Å². The third kappa shape index (κ3) is 5.90. The van der Waals surface area contributed by atoms with E-state index in [0.29, 0.717) is 19.3 Å². The van der Waals surface area contributed by atoms with Crippen molar-refractivity contribution >= 4 is 16.5 Å². The van der Waals surface area contributed by atoms with Crippen molar-refractivity contribution in [1.82, 2.24) is 10.3 Å². The van der Waals surface area contributed by atoms with Gasteiger partial charge in [-0.25, -0.2) is 4.98 Å². The molecule has 0 aromatic carbocycles. The van der Waals surface area contributed by atoms with Gasteiger partial charge in [-0.2, -0.15) is 0 Å². The molecule has 0 saturated heterocycles. The summed E-state index contributed by atoms with van der Waals surface area (Å²) in [6.07, 6.45) is 0. The Morgan fingerprint density at radius 2 is 1.95 bits per heavy atom. The molecular weight excluding hydrogens is 286 g/mol. The fourth-order valence-electron chi connectivity index (χ4n) is 1.80. The highest BCUT2D eigenvalue weighted by Crippen LogP contribution is 2.28. The lowest BCUT2D eigenvalue weighted by Crippen LogP contribution is -2.35. The first-order valence-electron chi connectivity index (χ1n) is 7.22. The van der Waals surface area contributed by atoms with E-state index in [-0.39, 0.29) is 5.54 Å². The lowest BCUT2D eigenvalue weighted by atomic mass is 10.1. The van der Waals surface area contributed by atoms with Crippen molar-refractivity contribution in [3.63, 3.8) is 0 Å². The molecule has 0 aliphatic rings. The predicted molar refractivity (Wildman–Crippen MR) is 89.2 cm³/mol. The third-order valence-corrected chi connectivity index (χ3v) is 4.39. The molecule has 0 fully saturated rings. The second-order valence-corrected chi connectivity index (χ2v) is 7.38. The highest BCUT2D eigenvalue weighted by molar-refractivity contribution is 7.15. The number of thiazole rings is 1.